The van der Waals surface area contributed by atoms with Gasteiger partial charge in [0.1, 0.15) is 12.0 Å². The number of nitrogens with one attached hydrogen (secondary N) is 1. The molecule has 7 heteroatoms. The fourth-order valence-corrected chi connectivity index (χ4v) is 3.73. The minimum absolute atomic E-state index is 0.367. The van der Waals surface area contributed by atoms with Crippen LogP contribution in [0, 0.1) is 5.92 Å². The Labute approximate surface area is 148 Å². The Morgan fingerprint density at radius 3 is 2.85 bits per heavy atom. The highest BCUT2D eigenvalue weighted by atomic mass is 19.3. The van der Waals surface area contributed by atoms with Gasteiger partial charge in [0, 0.05) is 30.5 Å². The first-order valence-electron chi connectivity index (χ1n) is 8.61. The van der Waals surface area contributed by atoms with Crippen LogP contribution >= 0.6 is 0 Å². The number of pyridine rings is 1. The number of nitrogens with zero attached hydrogens (tertiary/aromatic N) is 3. The molecule has 1 fully saturated rings. The number of carbonyl (C=O) groups excluding carboxylic acids is 1. The first-order valence-corrected chi connectivity index (χ1v) is 8.61. The van der Waals surface area contributed by atoms with Crippen LogP contribution < -0.4 is 0 Å². The zero-order valence-corrected chi connectivity index (χ0v) is 13.8. The van der Waals surface area contributed by atoms with E-state index in [-0.39, 0.29) is 6.42 Å². The second kappa shape index (κ2) is 5.33. The van der Waals surface area contributed by atoms with Gasteiger partial charge in [-0.15, -0.1) is 0 Å². The Morgan fingerprint density at radius 2 is 2.04 bits per heavy atom. The van der Waals surface area contributed by atoms with Crippen LogP contribution in [0.1, 0.15) is 29.5 Å². The van der Waals surface area contributed by atoms with Crippen molar-refractivity contribution in [1.29, 1.82) is 0 Å². The molecule has 2 aromatic heterocycles. The van der Waals surface area contributed by atoms with Crippen LogP contribution in [0.3, 0.4) is 0 Å². The molecule has 3 heterocycles. The van der Waals surface area contributed by atoms with Gasteiger partial charge >= 0.3 is 0 Å². The number of aromatic nitrogens is 3. The third kappa shape index (κ3) is 2.30. The van der Waals surface area contributed by atoms with E-state index in [9.17, 15) is 13.6 Å². The van der Waals surface area contributed by atoms with Crippen molar-refractivity contribution in [1.82, 2.24) is 19.9 Å². The summed E-state index contributed by atoms with van der Waals surface area (Å²) in [6.07, 6.45) is 1.79. The Morgan fingerprint density at radius 1 is 1.23 bits per heavy atom. The Kier molecular flexibility index (Phi) is 3.16. The second-order valence-corrected chi connectivity index (χ2v) is 6.90. The van der Waals surface area contributed by atoms with E-state index >= 15 is 0 Å². The van der Waals surface area contributed by atoms with Crippen LogP contribution in [0.4, 0.5) is 8.78 Å². The van der Waals surface area contributed by atoms with Gasteiger partial charge in [-0.1, -0.05) is 24.3 Å². The predicted octanol–water partition coefficient (Wildman–Crippen LogP) is 3.09. The van der Waals surface area contributed by atoms with Crippen molar-refractivity contribution in [3.05, 3.63) is 59.8 Å². The summed E-state index contributed by atoms with van der Waals surface area (Å²) in [6, 6.07) is 10.9. The third-order valence-corrected chi connectivity index (χ3v) is 5.23. The fraction of sp³-hybridized carbons (Fsp3) is 0.316. The number of fused-ring (bicyclic) bond motifs is 2. The number of aromatic amines is 1. The van der Waals surface area contributed by atoms with Gasteiger partial charge < -0.3 is 9.88 Å². The van der Waals surface area contributed by atoms with Gasteiger partial charge in [0.2, 0.25) is 5.91 Å². The highest BCUT2D eigenvalue weighted by Gasteiger charge is 2.63. The zero-order chi connectivity index (χ0) is 17.9. The van der Waals surface area contributed by atoms with Crippen LogP contribution in [0.25, 0.3) is 10.9 Å². The first kappa shape index (κ1) is 15.4. The van der Waals surface area contributed by atoms with Crippen LogP contribution in [0.2, 0.25) is 0 Å². The Balaban J connectivity index is 1.60. The van der Waals surface area contributed by atoms with Crippen LogP contribution in [0.15, 0.2) is 42.7 Å². The number of alkyl halides is 2. The molecule has 5 rings (SSSR count). The minimum atomic E-state index is -2.88. The summed E-state index contributed by atoms with van der Waals surface area (Å²) < 4.78 is 27.0. The lowest BCUT2D eigenvalue weighted by Crippen LogP contribution is -2.42. The molecule has 1 aromatic carbocycles. The molecule has 2 atom stereocenters. The van der Waals surface area contributed by atoms with Gasteiger partial charge in [0.15, 0.2) is 0 Å². The molecule has 0 unspecified atom stereocenters. The standard InChI is InChI=1S/C19H16F2N4O/c20-19(21)9-12(19)18(26)25-8-7-14-16(23-10-22-14)17(25)15-6-5-11-3-1-2-4-13(11)24-15/h1-6,10,12,17H,7-9H2,(H,22,23)/t12-,17-/m0/s1. The summed E-state index contributed by atoms with van der Waals surface area (Å²) in [6.45, 7) is 0.375. The van der Waals surface area contributed by atoms with Crippen molar-refractivity contribution in [2.75, 3.05) is 6.54 Å². The van der Waals surface area contributed by atoms with Crippen LogP contribution in [-0.2, 0) is 11.2 Å². The summed E-state index contributed by atoms with van der Waals surface area (Å²) in [5.41, 5.74) is 3.07. The van der Waals surface area contributed by atoms with E-state index in [0.29, 0.717) is 24.4 Å². The number of imidazole rings is 1. The van der Waals surface area contributed by atoms with E-state index in [1.165, 1.54) is 4.90 Å². The molecular weight excluding hydrogens is 338 g/mol. The summed E-state index contributed by atoms with van der Waals surface area (Å²) in [5.74, 6) is -4.61. The summed E-state index contributed by atoms with van der Waals surface area (Å²) in [7, 11) is 0. The number of halogens is 2. The molecular formula is C19H16F2N4O. The number of para-hydroxylation sites is 1. The molecule has 1 aliphatic carbocycles. The molecule has 2 aliphatic rings. The number of H-pyrrole nitrogens is 1. The molecule has 1 aliphatic heterocycles. The van der Waals surface area contributed by atoms with Gasteiger partial charge in [-0.05, 0) is 12.1 Å². The van der Waals surface area contributed by atoms with E-state index in [1.807, 2.05) is 36.4 Å². The maximum absolute atomic E-state index is 13.5. The van der Waals surface area contributed by atoms with Gasteiger partial charge in [-0.25, -0.2) is 13.8 Å². The maximum Gasteiger partial charge on any atom is 0.260 e. The number of carbonyl (C=O) groups is 1. The second-order valence-electron chi connectivity index (χ2n) is 6.90. The number of rotatable bonds is 2. The van der Waals surface area contributed by atoms with E-state index in [2.05, 4.69) is 9.97 Å². The molecule has 26 heavy (non-hydrogen) atoms. The van der Waals surface area contributed by atoms with Gasteiger partial charge in [-0.2, -0.15) is 0 Å². The van der Waals surface area contributed by atoms with Crippen molar-refractivity contribution in [3.8, 4) is 0 Å². The fourth-order valence-electron chi connectivity index (χ4n) is 3.73. The maximum atomic E-state index is 13.5. The Bertz CT molecular complexity index is 1020. The van der Waals surface area contributed by atoms with Gasteiger partial charge in [0.25, 0.3) is 5.92 Å². The largest absolute Gasteiger partial charge is 0.348 e. The normalized spacial score (nSPS) is 23.7. The quantitative estimate of drug-likeness (QED) is 0.769. The van der Waals surface area contributed by atoms with Crippen LogP contribution in [-0.4, -0.2) is 38.2 Å². The van der Waals surface area contributed by atoms with E-state index in [4.69, 9.17) is 4.98 Å². The Hall–Kier alpha value is -2.83. The smallest absolute Gasteiger partial charge is 0.260 e. The molecule has 0 radical (unpaired) electrons. The number of benzene rings is 1. The molecule has 0 spiro atoms. The van der Waals surface area contributed by atoms with Crippen molar-refractivity contribution < 1.29 is 13.6 Å². The molecule has 3 aromatic rings. The first-order chi connectivity index (χ1) is 12.5. The van der Waals surface area contributed by atoms with Crippen LogP contribution in [0.5, 0.6) is 0 Å². The zero-order valence-electron chi connectivity index (χ0n) is 13.8. The van der Waals surface area contributed by atoms with E-state index in [1.54, 1.807) is 6.33 Å². The highest BCUT2D eigenvalue weighted by molar-refractivity contribution is 5.84. The third-order valence-electron chi connectivity index (χ3n) is 5.23. The summed E-state index contributed by atoms with van der Waals surface area (Å²) in [4.78, 5) is 26.4. The lowest BCUT2D eigenvalue weighted by molar-refractivity contribution is -0.137. The van der Waals surface area contributed by atoms with Gasteiger partial charge in [-0.3, -0.25) is 9.78 Å². The van der Waals surface area contributed by atoms with E-state index < -0.39 is 23.8 Å². The lowest BCUT2D eigenvalue weighted by Gasteiger charge is -2.34. The topological polar surface area (TPSA) is 61.9 Å². The molecule has 132 valence electrons. The van der Waals surface area contributed by atoms with Gasteiger partial charge in [0.05, 0.1) is 23.2 Å². The highest BCUT2D eigenvalue weighted by Crippen LogP contribution is 2.51. The average Bonchev–Trinajstić information content (AvgIpc) is 3.05. The minimum Gasteiger partial charge on any atom is -0.348 e. The number of hydrogen-bond acceptors (Lipinski definition) is 3. The monoisotopic (exact) mass is 354 g/mol. The van der Waals surface area contributed by atoms with Crippen molar-refractivity contribution >= 4 is 16.8 Å². The lowest BCUT2D eigenvalue weighted by atomic mass is 9.98. The molecule has 1 N–H and O–H groups in total. The molecule has 1 amide bonds. The molecule has 0 saturated heterocycles. The number of hydrogen-bond donors (Lipinski definition) is 1. The van der Waals surface area contributed by atoms with Crippen molar-refractivity contribution in [2.45, 2.75) is 24.8 Å². The average molecular weight is 354 g/mol. The molecule has 5 nitrogen and oxygen atoms in total. The molecule has 0 bridgehead atoms. The SMILES string of the molecule is O=C([C@@H]1CC1(F)F)N1CCc2[nH]cnc2[C@@H]1c1ccc2ccccc2n1. The molecule has 1 saturated carbocycles. The number of amides is 1. The predicted molar refractivity (Wildman–Crippen MR) is 90.6 cm³/mol. The summed E-state index contributed by atoms with van der Waals surface area (Å²) >= 11 is 0. The summed E-state index contributed by atoms with van der Waals surface area (Å²) in [5, 5.41) is 0.987. The van der Waals surface area contributed by atoms with E-state index in [0.717, 1.165) is 16.6 Å². The van der Waals surface area contributed by atoms with Crippen molar-refractivity contribution in [3.63, 3.8) is 0 Å². The van der Waals surface area contributed by atoms with Crippen molar-refractivity contribution in [2.24, 2.45) is 5.92 Å².